The SMILES string of the molecule is NC(=O)n1n[c]c2cnc(Oc3ccc(F)cc3)nc21. The molecule has 0 aliphatic carbocycles. The summed E-state index contributed by atoms with van der Waals surface area (Å²) < 4.78 is 19.0. The molecule has 1 amide bonds. The molecular weight excluding hydrogens is 265 g/mol. The number of hydrogen-bond acceptors (Lipinski definition) is 5. The molecule has 0 spiro atoms. The van der Waals surface area contributed by atoms with Crippen molar-refractivity contribution in [2.45, 2.75) is 0 Å². The standard InChI is InChI=1S/C12H7FN5O2/c13-8-1-3-9(4-2-8)20-12-15-5-7-6-16-18(11(14)19)10(7)17-12/h1-5H,(H2,14,19). The van der Waals surface area contributed by atoms with Crippen LogP contribution in [0.5, 0.6) is 11.8 Å². The van der Waals surface area contributed by atoms with E-state index in [-0.39, 0.29) is 17.5 Å². The zero-order valence-corrected chi connectivity index (χ0v) is 9.95. The predicted molar refractivity (Wildman–Crippen MR) is 65.6 cm³/mol. The molecule has 20 heavy (non-hydrogen) atoms. The Bertz CT molecular complexity index is 784. The number of ether oxygens (including phenoxy) is 1. The van der Waals surface area contributed by atoms with Crippen LogP contribution in [0.15, 0.2) is 30.5 Å². The molecule has 3 rings (SSSR count). The number of hydrogen-bond donors (Lipinski definition) is 1. The van der Waals surface area contributed by atoms with Crippen molar-refractivity contribution in [3.63, 3.8) is 0 Å². The van der Waals surface area contributed by atoms with Gasteiger partial charge in [-0.15, -0.1) is 0 Å². The molecule has 0 aliphatic rings. The second kappa shape index (κ2) is 4.57. The summed E-state index contributed by atoms with van der Waals surface area (Å²) in [5, 5.41) is 4.09. The van der Waals surface area contributed by atoms with Crippen LogP contribution < -0.4 is 10.5 Å². The lowest BCUT2D eigenvalue weighted by molar-refractivity contribution is 0.248. The van der Waals surface area contributed by atoms with Crippen LogP contribution in [-0.4, -0.2) is 25.8 Å². The lowest BCUT2D eigenvalue weighted by Crippen LogP contribution is -2.21. The lowest BCUT2D eigenvalue weighted by atomic mass is 10.3. The Kier molecular flexibility index (Phi) is 2.75. The van der Waals surface area contributed by atoms with Gasteiger partial charge in [-0.25, -0.2) is 14.2 Å². The van der Waals surface area contributed by atoms with Gasteiger partial charge in [0.2, 0.25) is 0 Å². The molecule has 3 aromatic rings. The summed E-state index contributed by atoms with van der Waals surface area (Å²) in [7, 11) is 0. The smallest absolute Gasteiger partial charge is 0.341 e. The highest BCUT2D eigenvalue weighted by atomic mass is 19.1. The second-order valence-corrected chi connectivity index (χ2v) is 3.81. The topological polar surface area (TPSA) is 95.9 Å². The van der Waals surface area contributed by atoms with Gasteiger partial charge in [-0.2, -0.15) is 14.8 Å². The first-order valence-corrected chi connectivity index (χ1v) is 5.50. The van der Waals surface area contributed by atoms with Gasteiger partial charge in [0, 0.05) is 6.20 Å². The van der Waals surface area contributed by atoms with Gasteiger partial charge in [0.05, 0.1) is 5.39 Å². The summed E-state index contributed by atoms with van der Waals surface area (Å²) in [6.45, 7) is 0. The van der Waals surface area contributed by atoms with E-state index in [0.29, 0.717) is 11.1 Å². The van der Waals surface area contributed by atoms with Gasteiger partial charge < -0.3 is 10.5 Å². The fourth-order valence-electron chi connectivity index (χ4n) is 1.56. The van der Waals surface area contributed by atoms with Crippen LogP contribution >= 0.6 is 0 Å². The third kappa shape index (κ3) is 2.14. The third-order valence-electron chi connectivity index (χ3n) is 2.45. The number of carbonyl (C=O) groups excluding carboxylic acids is 1. The Hall–Kier alpha value is -3.03. The predicted octanol–water partition coefficient (Wildman–Crippen LogP) is 1.48. The fourth-order valence-corrected chi connectivity index (χ4v) is 1.56. The van der Waals surface area contributed by atoms with Crippen molar-refractivity contribution in [3.05, 3.63) is 42.5 Å². The van der Waals surface area contributed by atoms with Gasteiger partial charge in [0.1, 0.15) is 17.8 Å². The van der Waals surface area contributed by atoms with Gasteiger partial charge in [0.25, 0.3) is 0 Å². The van der Waals surface area contributed by atoms with Gasteiger partial charge in [0.15, 0.2) is 5.65 Å². The van der Waals surface area contributed by atoms with Crippen molar-refractivity contribution in [1.82, 2.24) is 19.7 Å². The van der Waals surface area contributed by atoms with Gasteiger partial charge >= 0.3 is 12.0 Å². The maximum absolute atomic E-state index is 12.8. The van der Waals surface area contributed by atoms with E-state index in [1.165, 1.54) is 30.5 Å². The zero-order valence-electron chi connectivity index (χ0n) is 9.95. The van der Waals surface area contributed by atoms with Crippen LogP contribution in [0.2, 0.25) is 0 Å². The van der Waals surface area contributed by atoms with Crippen molar-refractivity contribution < 1.29 is 13.9 Å². The molecule has 0 saturated carbocycles. The van der Waals surface area contributed by atoms with E-state index in [4.69, 9.17) is 10.5 Å². The molecule has 0 fully saturated rings. The number of amides is 1. The number of halogens is 1. The summed E-state index contributed by atoms with van der Waals surface area (Å²) in [4.78, 5) is 19.1. The Morgan fingerprint density at radius 2 is 2.10 bits per heavy atom. The molecule has 0 bridgehead atoms. The lowest BCUT2D eigenvalue weighted by Gasteiger charge is -2.03. The highest BCUT2D eigenvalue weighted by molar-refractivity contribution is 5.85. The number of rotatable bonds is 2. The van der Waals surface area contributed by atoms with Crippen LogP contribution in [0.3, 0.4) is 0 Å². The minimum absolute atomic E-state index is 0.0134. The number of fused-ring (bicyclic) bond motifs is 1. The van der Waals surface area contributed by atoms with Crippen LogP contribution in [-0.2, 0) is 0 Å². The van der Waals surface area contributed by atoms with Crippen LogP contribution in [0.4, 0.5) is 9.18 Å². The van der Waals surface area contributed by atoms with Crippen molar-refractivity contribution in [1.29, 1.82) is 0 Å². The van der Waals surface area contributed by atoms with Crippen molar-refractivity contribution in [2.75, 3.05) is 0 Å². The van der Waals surface area contributed by atoms with Crippen LogP contribution in [0, 0.1) is 12.0 Å². The summed E-state index contributed by atoms with van der Waals surface area (Å²) in [6.07, 6.45) is 3.95. The summed E-state index contributed by atoms with van der Waals surface area (Å²) in [6, 6.07) is 4.55. The van der Waals surface area contributed by atoms with Crippen molar-refractivity contribution in [2.24, 2.45) is 5.73 Å². The van der Waals surface area contributed by atoms with Gasteiger partial charge in [-0.05, 0) is 24.3 Å². The monoisotopic (exact) mass is 272 g/mol. The fraction of sp³-hybridized carbons (Fsp3) is 0. The Morgan fingerprint density at radius 3 is 2.80 bits per heavy atom. The van der Waals surface area contributed by atoms with E-state index in [0.717, 1.165) is 4.68 Å². The average molecular weight is 272 g/mol. The number of benzene rings is 1. The van der Waals surface area contributed by atoms with E-state index in [1.807, 2.05) is 0 Å². The summed E-state index contributed by atoms with van der Waals surface area (Å²) in [5.41, 5.74) is 5.33. The number of nitrogens with zero attached hydrogens (tertiary/aromatic N) is 4. The minimum atomic E-state index is -0.789. The average Bonchev–Trinajstić information content (AvgIpc) is 2.84. The zero-order chi connectivity index (χ0) is 14.1. The van der Waals surface area contributed by atoms with E-state index in [2.05, 4.69) is 21.3 Å². The Labute approximate surface area is 111 Å². The van der Waals surface area contributed by atoms with E-state index >= 15 is 0 Å². The molecule has 0 unspecified atom stereocenters. The maximum Gasteiger partial charge on any atom is 0.341 e. The van der Waals surface area contributed by atoms with Crippen molar-refractivity contribution >= 4 is 17.1 Å². The Morgan fingerprint density at radius 1 is 1.35 bits per heavy atom. The molecule has 2 aromatic heterocycles. The minimum Gasteiger partial charge on any atom is -0.424 e. The molecule has 0 atom stereocenters. The largest absolute Gasteiger partial charge is 0.424 e. The quantitative estimate of drug-likeness (QED) is 0.762. The van der Waals surface area contributed by atoms with Crippen LogP contribution in [0.1, 0.15) is 0 Å². The second-order valence-electron chi connectivity index (χ2n) is 3.81. The molecule has 2 N–H and O–H groups in total. The summed E-state index contributed by atoms with van der Waals surface area (Å²) in [5.74, 6) is -0.0185. The number of nitrogens with two attached hydrogens (primary N) is 1. The Balaban J connectivity index is 1.97. The highest BCUT2D eigenvalue weighted by Gasteiger charge is 2.11. The normalized spacial score (nSPS) is 10.7. The molecular formula is C12H7FN5O2. The summed E-state index contributed by atoms with van der Waals surface area (Å²) >= 11 is 0. The van der Waals surface area contributed by atoms with E-state index in [9.17, 15) is 9.18 Å². The maximum atomic E-state index is 12.8. The third-order valence-corrected chi connectivity index (χ3v) is 2.45. The molecule has 0 aliphatic heterocycles. The molecule has 1 radical (unpaired) electrons. The highest BCUT2D eigenvalue weighted by Crippen LogP contribution is 2.19. The van der Waals surface area contributed by atoms with Crippen molar-refractivity contribution in [3.8, 4) is 11.8 Å². The van der Waals surface area contributed by atoms with Gasteiger partial charge in [-0.3, -0.25) is 0 Å². The van der Waals surface area contributed by atoms with Crippen LogP contribution in [0.25, 0.3) is 11.0 Å². The first kappa shape index (κ1) is 12.0. The molecule has 7 nitrogen and oxygen atoms in total. The van der Waals surface area contributed by atoms with E-state index in [1.54, 1.807) is 0 Å². The number of primary amides is 1. The molecule has 1 aromatic carbocycles. The number of carbonyl (C=O) groups is 1. The first-order valence-electron chi connectivity index (χ1n) is 5.50. The first-order chi connectivity index (χ1) is 9.63. The molecule has 99 valence electrons. The molecule has 2 heterocycles. The molecule has 8 heteroatoms. The van der Waals surface area contributed by atoms with E-state index < -0.39 is 6.03 Å². The number of aromatic nitrogens is 4. The molecule has 0 saturated heterocycles. The van der Waals surface area contributed by atoms with Gasteiger partial charge in [-0.1, -0.05) is 0 Å².